The van der Waals surface area contributed by atoms with Crippen LogP contribution in [0.15, 0.2) is 11.4 Å². The van der Waals surface area contributed by atoms with E-state index in [1.807, 2.05) is 0 Å². The van der Waals surface area contributed by atoms with Crippen molar-refractivity contribution in [3.05, 3.63) is 11.9 Å². The fraction of sp³-hybridized carbons (Fsp3) is 0.545. The Morgan fingerprint density at radius 1 is 1.53 bits per heavy atom. The maximum Gasteiger partial charge on any atom is 0.306 e. The second kappa shape index (κ2) is 7.11. The summed E-state index contributed by atoms with van der Waals surface area (Å²) in [5.74, 6) is 0.957. The van der Waals surface area contributed by atoms with Gasteiger partial charge in [0.2, 0.25) is 0 Å². The van der Waals surface area contributed by atoms with Gasteiger partial charge >= 0.3 is 5.97 Å². The quantitative estimate of drug-likeness (QED) is 0.473. The third-order valence-electron chi connectivity index (χ3n) is 2.21. The predicted octanol–water partition coefficient (Wildman–Crippen LogP) is 1.67. The van der Waals surface area contributed by atoms with Crippen molar-refractivity contribution >= 4 is 23.5 Å². The number of ether oxygens (including phenoxy) is 1. The molecule has 0 unspecified atom stereocenters. The molecular weight excluding hydrogens is 238 g/mol. The lowest BCUT2D eigenvalue weighted by molar-refractivity contribution is -0.140. The van der Waals surface area contributed by atoms with Crippen LogP contribution in [0.25, 0.3) is 0 Å². The van der Waals surface area contributed by atoms with Crippen LogP contribution in [0.5, 0.6) is 0 Å². The van der Waals surface area contributed by atoms with Crippen LogP contribution < -0.4 is 5.73 Å². The molecule has 1 aromatic rings. The number of thioether (sulfide) groups is 1. The van der Waals surface area contributed by atoms with Crippen LogP contribution in [0.2, 0.25) is 0 Å². The first-order chi connectivity index (χ1) is 8.19. The smallest absolute Gasteiger partial charge is 0.306 e. The van der Waals surface area contributed by atoms with Crippen LogP contribution >= 0.6 is 11.8 Å². The van der Waals surface area contributed by atoms with E-state index in [0.29, 0.717) is 18.0 Å². The summed E-state index contributed by atoms with van der Waals surface area (Å²) in [6, 6.07) is 0. The number of nitrogens with zero attached hydrogens (tertiary/aromatic N) is 2. The topological polar surface area (TPSA) is 78.1 Å². The normalized spacial score (nSPS) is 10.2. The molecule has 17 heavy (non-hydrogen) atoms. The SMILES string of the molecule is CCCc1c(N)ncnc1SCCC(=O)OC. The molecule has 0 amide bonds. The third-order valence-corrected chi connectivity index (χ3v) is 3.25. The zero-order valence-electron chi connectivity index (χ0n) is 10.1. The number of anilines is 1. The van der Waals surface area contributed by atoms with Crippen molar-refractivity contribution in [2.45, 2.75) is 31.2 Å². The lowest BCUT2D eigenvalue weighted by Gasteiger charge is -2.08. The second-order valence-electron chi connectivity index (χ2n) is 3.47. The van der Waals surface area contributed by atoms with Crippen LogP contribution in [0, 0.1) is 0 Å². The minimum Gasteiger partial charge on any atom is -0.469 e. The van der Waals surface area contributed by atoms with Crippen molar-refractivity contribution in [2.75, 3.05) is 18.6 Å². The molecule has 5 nitrogen and oxygen atoms in total. The van der Waals surface area contributed by atoms with E-state index in [9.17, 15) is 4.79 Å². The molecule has 2 N–H and O–H groups in total. The molecule has 0 aliphatic rings. The van der Waals surface area contributed by atoms with Crippen LogP contribution in [0.1, 0.15) is 25.3 Å². The highest BCUT2D eigenvalue weighted by atomic mass is 32.2. The highest BCUT2D eigenvalue weighted by Crippen LogP contribution is 2.25. The molecule has 0 atom stereocenters. The molecule has 0 aliphatic carbocycles. The van der Waals surface area contributed by atoms with Crippen molar-refractivity contribution in [3.8, 4) is 0 Å². The zero-order chi connectivity index (χ0) is 12.7. The molecule has 0 bridgehead atoms. The highest BCUT2D eigenvalue weighted by Gasteiger charge is 2.09. The Kier molecular flexibility index (Phi) is 5.76. The van der Waals surface area contributed by atoms with Crippen molar-refractivity contribution in [3.63, 3.8) is 0 Å². The lowest BCUT2D eigenvalue weighted by Crippen LogP contribution is -2.04. The van der Waals surface area contributed by atoms with Gasteiger partial charge in [0.15, 0.2) is 0 Å². The maximum atomic E-state index is 11.0. The minimum absolute atomic E-state index is 0.212. The van der Waals surface area contributed by atoms with Crippen molar-refractivity contribution in [1.29, 1.82) is 0 Å². The Morgan fingerprint density at radius 3 is 2.94 bits per heavy atom. The van der Waals surface area contributed by atoms with Gasteiger partial charge < -0.3 is 10.5 Å². The molecule has 0 aromatic carbocycles. The standard InChI is InChI=1S/C11H17N3O2S/c1-3-4-8-10(12)13-7-14-11(8)17-6-5-9(15)16-2/h7H,3-6H2,1-2H3,(H2,12,13,14). The minimum atomic E-state index is -0.212. The monoisotopic (exact) mass is 255 g/mol. The van der Waals surface area contributed by atoms with E-state index in [0.717, 1.165) is 23.4 Å². The number of rotatable bonds is 6. The summed E-state index contributed by atoms with van der Waals surface area (Å²) in [5.41, 5.74) is 6.79. The average molecular weight is 255 g/mol. The van der Waals surface area contributed by atoms with Crippen LogP contribution in [-0.4, -0.2) is 28.8 Å². The number of hydrogen-bond donors (Lipinski definition) is 1. The Balaban J connectivity index is 2.63. The molecule has 0 aliphatic heterocycles. The van der Waals surface area contributed by atoms with Gasteiger partial charge in [-0.1, -0.05) is 13.3 Å². The summed E-state index contributed by atoms with van der Waals surface area (Å²) in [4.78, 5) is 19.2. The van der Waals surface area contributed by atoms with Crippen LogP contribution in [0.4, 0.5) is 5.82 Å². The first-order valence-electron chi connectivity index (χ1n) is 5.48. The molecule has 1 aromatic heterocycles. The predicted molar refractivity (Wildman–Crippen MR) is 67.8 cm³/mol. The number of nitrogen functional groups attached to an aromatic ring is 1. The zero-order valence-corrected chi connectivity index (χ0v) is 10.9. The van der Waals surface area contributed by atoms with Crippen molar-refractivity contribution in [1.82, 2.24) is 9.97 Å². The summed E-state index contributed by atoms with van der Waals surface area (Å²) in [6.07, 6.45) is 3.67. The molecule has 0 fully saturated rings. The van der Waals surface area contributed by atoms with Gasteiger partial charge in [-0.05, 0) is 6.42 Å². The van der Waals surface area contributed by atoms with Crippen LogP contribution in [0.3, 0.4) is 0 Å². The summed E-state index contributed by atoms with van der Waals surface area (Å²) >= 11 is 1.51. The number of nitrogens with two attached hydrogens (primary N) is 1. The highest BCUT2D eigenvalue weighted by molar-refractivity contribution is 7.99. The second-order valence-corrected chi connectivity index (χ2v) is 4.55. The molecule has 0 saturated carbocycles. The van der Waals surface area contributed by atoms with Gasteiger partial charge in [-0.25, -0.2) is 9.97 Å². The Morgan fingerprint density at radius 2 is 2.29 bits per heavy atom. The fourth-order valence-electron chi connectivity index (χ4n) is 1.35. The van der Waals surface area contributed by atoms with E-state index >= 15 is 0 Å². The van der Waals surface area contributed by atoms with Crippen molar-refractivity contribution < 1.29 is 9.53 Å². The molecule has 1 heterocycles. The van der Waals surface area contributed by atoms with Gasteiger partial charge in [0.05, 0.1) is 13.5 Å². The lowest BCUT2D eigenvalue weighted by atomic mass is 10.2. The first-order valence-corrected chi connectivity index (χ1v) is 6.46. The summed E-state index contributed by atoms with van der Waals surface area (Å²) < 4.78 is 4.58. The fourth-order valence-corrected chi connectivity index (χ4v) is 2.32. The van der Waals surface area contributed by atoms with E-state index in [4.69, 9.17) is 5.73 Å². The van der Waals surface area contributed by atoms with E-state index in [1.54, 1.807) is 0 Å². The molecule has 0 spiro atoms. The van der Waals surface area contributed by atoms with Crippen molar-refractivity contribution in [2.24, 2.45) is 0 Å². The van der Waals surface area contributed by atoms with Crippen LogP contribution in [-0.2, 0) is 16.0 Å². The molecule has 0 radical (unpaired) electrons. The largest absolute Gasteiger partial charge is 0.469 e. The maximum absolute atomic E-state index is 11.0. The van der Waals surface area contributed by atoms with E-state index in [1.165, 1.54) is 25.2 Å². The molecule has 1 rings (SSSR count). The Labute approximate surface area is 105 Å². The summed E-state index contributed by atoms with van der Waals surface area (Å²) in [5, 5.41) is 0.864. The Bertz CT molecular complexity index is 385. The molecule has 6 heteroatoms. The first kappa shape index (κ1) is 13.8. The van der Waals surface area contributed by atoms with Gasteiger partial charge in [0.25, 0.3) is 0 Å². The summed E-state index contributed by atoms with van der Waals surface area (Å²) in [7, 11) is 1.39. The number of aromatic nitrogens is 2. The Hall–Kier alpha value is -1.30. The average Bonchev–Trinajstić information content (AvgIpc) is 2.33. The third kappa shape index (κ3) is 4.22. The number of methoxy groups -OCH3 is 1. The number of esters is 1. The van der Waals surface area contributed by atoms with E-state index in [-0.39, 0.29) is 5.97 Å². The number of carbonyl (C=O) groups excluding carboxylic acids is 1. The number of carbonyl (C=O) groups is 1. The van der Waals surface area contributed by atoms with Gasteiger partial charge in [-0.15, -0.1) is 11.8 Å². The van der Waals surface area contributed by atoms with E-state index < -0.39 is 0 Å². The van der Waals surface area contributed by atoms with E-state index in [2.05, 4.69) is 21.6 Å². The van der Waals surface area contributed by atoms with Gasteiger partial charge in [0.1, 0.15) is 17.2 Å². The summed E-state index contributed by atoms with van der Waals surface area (Å²) in [6.45, 7) is 2.08. The number of hydrogen-bond acceptors (Lipinski definition) is 6. The molecular formula is C11H17N3O2S. The van der Waals surface area contributed by atoms with Gasteiger partial charge in [0, 0.05) is 11.3 Å². The van der Waals surface area contributed by atoms with Gasteiger partial charge in [-0.2, -0.15) is 0 Å². The van der Waals surface area contributed by atoms with Gasteiger partial charge in [-0.3, -0.25) is 4.79 Å². The molecule has 0 saturated heterocycles. The molecule has 94 valence electrons.